The second kappa shape index (κ2) is 8.99. The lowest BCUT2D eigenvalue weighted by molar-refractivity contribution is 1.60. The van der Waals surface area contributed by atoms with Crippen LogP contribution in [0.25, 0.3) is 54.7 Å². The number of rotatable bonds is 4. The fourth-order valence-corrected chi connectivity index (χ4v) is 7.33. The van der Waals surface area contributed by atoms with E-state index >= 15 is 0 Å². The first-order valence-corrected chi connectivity index (χ1v) is 13.7. The number of benzene rings is 5. The molecule has 2 heteroatoms. The molecule has 0 N–H and O–H groups in total. The molecule has 1 unspecified atom stereocenters. The Bertz CT molecular complexity index is 1560. The van der Waals surface area contributed by atoms with E-state index in [9.17, 15) is 0 Å². The van der Waals surface area contributed by atoms with Gasteiger partial charge in [0.05, 0.1) is 0 Å². The molecule has 0 aliphatic carbocycles. The van der Waals surface area contributed by atoms with Crippen molar-refractivity contribution in [1.82, 2.24) is 0 Å². The van der Waals surface area contributed by atoms with E-state index < -0.39 is 6.89 Å². The van der Waals surface area contributed by atoms with Crippen LogP contribution in [0.4, 0.5) is 0 Å². The summed E-state index contributed by atoms with van der Waals surface area (Å²) in [6, 6.07) is 47.3. The monoisotopic (exact) mass is 472 g/mol. The van der Waals surface area contributed by atoms with E-state index in [1.54, 1.807) is 0 Å². The van der Waals surface area contributed by atoms with Crippen LogP contribution in [0.1, 0.15) is 0 Å². The Morgan fingerprint density at radius 3 is 1.35 bits per heavy atom. The maximum Gasteiger partial charge on any atom is 0.0249 e. The van der Waals surface area contributed by atoms with Gasteiger partial charge < -0.3 is 0 Å². The summed E-state index contributed by atoms with van der Waals surface area (Å²) in [5, 5.41) is 3.73. The van der Waals surface area contributed by atoms with E-state index in [0.717, 1.165) is 0 Å². The van der Waals surface area contributed by atoms with Gasteiger partial charge in [-0.05, 0) is 51.7 Å². The summed E-state index contributed by atoms with van der Waals surface area (Å²) in [5.74, 6) is 0. The van der Waals surface area contributed by atoms with E-state index in [2.05, 4.69) is 133 Å². The second-order valence-electron chi connectivity index (χ2n) is 8.41. The predicted octanol–water partition coefficient (Wildman–Crippen LogP) is 10.5. The van der Waals surface area contributed by atoms with E-state index in [0.29, 0.717) is 0 Å². The van der Waals surface area contributed by atoms with Crippen molar-refractivity contribution >= 4 is 28.6 Å². The highest BCUT2D eigenvalue weighted by Gasteiger charge is 2.19. The molecule has 0 nitrogen and oxygen atoms in total. The number of hydrogen-bond acceptors (Lipinski definition) is 0. The molecule has 0 amide bonds. The van der Waals surface area contributed by atoms with Crippen molar-refractivity contribution in [2.45, 2.75) is 0 Å². The highest BCUT2D eigenvalue weighted by Crippen LogP contribution is 2.58. The summed E-state index contributed by atoms with van der Waals surface area (Å²) in [6.07, 6.45) is 0. The lowest BCUT2D eigenvalue weighted by Gasteiger charge is -2.10. The molecule has 162 valence electrons. The van der Waals surface area contributed by atoms with Gasteiger partial charge in [0.15, 0.2) is 0 Å². The van der Waals surface area contributed by atoms with Gasteiger partial charge in [-0.2, -0.15) is 0 Å². The van der Waals surface area contributed by atoms with E-state index in [1.807, 2.05) is 0 Å². The average molecular weight is 473 g/mol. The van der Waals surface area contributed by atoms with Crippen LogP contribution in [0.15, 0.2) is 133 Å². The van der Waals surface area contributed by atoms with Crippen LogP contribution in [-0.2, 0) is 0 Å². The molecule has 0 aliphatic heterocycles. The summed E-state index contributed by atoms with van der Waals surface area (Å²) < 4.78 is 0. The summed E-state index contributed by atoms with van der Waals surface area (Å²) in [5.41, 5.74) is 8.54. The smallest absolute Gasteiger partial charge is 0.0249 e. The van der Waals surface area contributed by atoms with Gasteiger partial charge in [0.25, 0.3) is 0 Å². The van der Waals surface area contributed by atoms with Crippen molar-refractivity contribution in [3.8, 4) is 44.2 Å². The van der Waals surface area contributed by atoms with E-state index in [-0.39, 0.29) is 0 Å². The van der Waals surface area contributed by atoms with Crippen molar-refractivity contribution in [2.24, 2.45) is 0 Å². The molecular formula is C32H22ClP. The maximum absolute atomic E-state index is 7.18. The quantitative estimate of drug-likeness (QED) is 0.239. The Morgan fingerprint density at radius 1 is 0.382 bits per heavy atom. The molecule has 0 radical (unpaired) electrons. The van der Waals surface area contributed by atoms with Crippen LogP contribution in [0.2, 0.25) is 0 Å². The van der Waals surface area contributed by atoms with Crippen molar-refractivity contribution < 1.29 is 0 Å². The zero-order valence-corrected chi connectivity index (χ0v) is 20.2. The Labute approximate surface area is 206 Å². The first kappa shape index (κ1) is 21.0. The van der Waals surface area contributed by atoms with Gasteiger partial charge in [-0.3, -0.25) is 0 Å². The van der Waals surface area contributed by atoms with Crippen molar-refractivity contribution in [1.29, 1.82) is 0 Å². The molecule has 0 aliphatic rings. The first-order chi connectivity index (χ1) is 16.8. The van der Waals surface area contributed by atoms with Crippen molar-refractivity contribution in [3.63, 3.8) is 0 Å². The molecule has 34 heavy (non-hydrogen) atoms. The van der Waals surface area contributed by atoms with Gasteiger partial charge in [-0.25, -0.2) is 0 Å². The minimum absolute atomic E-state index is 0.947. The number of fused-ring (bicyclic) bond motifs is 1. The molecule has 0 spiro atoms. The Hall–Kier alpha value is -3.57. The number of halogens is 1. The molecule has 5 aromatic carbocycles. The normalized spacial score (nSPS) is 11.6. The zero-order chi connectivity index (χ0) is 22.9. The van der Waals surface area contributed by atoms with Gasteiger partial charge in [0.2, 0.25) is 0 Å². The standard InChI is InChI=1S/C32H22ClP/c33-34-30-14-8-7-13-29(30)31(27-19-15-25(16-20-27)23-9-3-1-4-10-23)32(34)28-21-17-26(18-22-28)24-11-5-2-6-12-24/h1-22H. The van der Waals surface area contributed by atoms with Gasteiger partial charge in [-0.1, -0.05) is 139 Å². The molecule has 0 fully saturated rings. The maximum atomic E-state index is 7.18. The third-order valence-electron chi connectivity index (χ3n) is 6.36. The third-order valence-corrected chi connectivity index (χ3v) is 9.11. The van der Waals surface area contributed by atoms with Crippen molar-refractivity contribution in [2.75, 3.05) is 0 Å². The van der Waals surface area contributed by atoms with Gasteiger partial charge in [0.1, 0.15) is 0 Å². The highest BCUT2D eigenvalue weighted by molar-refractivity contribution is 7.84. The lowest BCUT2D eigenvalue weighted by Crippen LogP contribution is -1.83. The SMILES string of the molecule is Clp1c(-c2ccc(-c3ccccc3)cc2)c(-c2ccc(-c3ccccc3)cc2)c2ccccc21. The van der Waals surface area contributed by atoms with Gasteiger partial charge in [0, 0.05) is 16.0 Å². The largest absolute Gasteiger partial charge is 0.0622 e. The fraction of sp³-hybridized carbons (Fsp3) is 0. The molecule has 0 bridgehead atoms. The molecule has 0 saturated carbocycles. The Kier molecular flexibility index (Phi) is 5.55. The summed E-state index contributed by atoms with van der Waals surface area (Å²) in [6.45, 7) is -0.947. The van der Waals surface area contributed by atoms with Crippen LogP contribution in [0.3, 0.4) is 0 Å². The zero-order valence-electron chi connectivity index (χ0n) is 18.5. The summed E-state index contributed by atoms with van der Waals surface area (Å²) in [4.78, 5) is 0. The Balaban J connectivity index is 1.49. The molecule has 6 rings (SSSR count). The van der Waals surface area contributed by atoms with Crippen LogP contribution in [0, 0.1) is 0 Å². The van der Waals surface area contributed by atoms with E-state index in [4.69, 9.17) is 11.2 Å². The minimum atomic E-state index is -0.947. The molecular weight excluding hydrogens is 451 g/mol. The number of hydrogen-bond donors (Lipinski definition) is 0. The molecule has 1 atom stereocenters. The van der Waals surface area contributed by atoms with Crippen LogP contribution < -0.4 is 0 Å². The topological polar surface area (TPSA) is 0 Å². The van der Waals surface area contributed by atoms with Crippen LogP contribution >= 0.6 is 18.1 Å². The summed E-state index contributed by atoms with van der Waals surface area (Å²) >= 11 is 7.18. The van der Waals surface area contributed by atoms with Crippen LogP contribution in [-0.4, -0.2) is 0 Å². The van der Waals surface area contributed by atoms with Gasteiger partial charge in [-0.15, -0.1) is 0 Å². The minimum Gasteiger partial charge on any atom is -0.0622 e. The summed E-state index contributed by atoms with van der Waals surface area (Å²) in [7, 11) is 0. The predicted molar refractivity (Wildman–Crippen MR) is 150 cm³/mol. The average Bonchev–Trinajstić information content (AvgIpc) is 3.22. The van der Waals surface area contributed by atoms with Crippen LogP contribution in [0.5, 0.6) is 0 Å². The van der Waals surface area contributed by atoms with Gasteiger partial charge >= 0.3 is 0 Å². The van der Waals surface area contributed by atoms with E-state index in [1.165, 1.54) is 54.7 Å². The third kappa shape index (κ3) is 3.76. The second-order valence-corrected chi connectivity index (χ2v) is 10.9. The molecule has 1 heterocycles. The molecule has 6 aromatic rings. The lowest BCUT2D eigenvalue weighted by atomic mass is 9.95. The molecule has 1 aromatic heterocycles. The molecule has 0 saturated heterocycles. The highest BCUT2D eigenvalue weighted by atomic mass is 35.7. The fourth-order valence-electron chi connectivity index (χ4n) is 4.66. The first-order valence-electron chi connectivity index (χ1n) is 11.4. The van der Waals surface area contributed by atoms with Crippen molar-refractivity contribution in [3.05, 3.63) is 133 Å². The Morgan fingerprint density at radius 2 is 0.794 bits per heavy atom.